The number of para-hydroxylation sites is 1. The predicted molar refractivity (Wildman–Crippen MR) is 104 cm³/mol. The number of aryl methyl sites for hydroxylation is 1. The molecule has 1 fully saturated rings. The third kappa shape index (κ3) is 3.90. The first-order chi connectivity index (χ1) is 13.1. The molecule has 3 heterocycles. The first-order valence-corrected chi connectivity index (χ1v) is 10.1. The van der Waals surface area contributed by atoms with Crippen molar-refractivity contribution < 1.29 is 9.21 Å². The lowest BCUT2D eigenvalue weighted by Crippen LogP contribution is -2.45. The van der Waals surface area contributed by atoms with Crippen LogP contribution in [0.3, 0.4) is 0 Å². The number of likely N-dealkylation sites (tertiary alicyclic amines) is 1. The standard InChI is InChI=1S/C21H28N4O2/c1-15(2)20-22-23-21(27-20)17-9-12-24(13-10-17)14-19(26)25-11-5-7-16-6-3-4-8-18(16)25/h3-4,6,8,15,17H,5,7,9-14H2,1-2H3. The highest BCUT2D eigenvalue weighted by Gasteiger charge is 2.28. The molecule has 0 N–H and O–H groups in total. The first kappa shape index (κ1) is 18.2. The fourth-order valence-electron chi connectivity index (χ4n) is 4.05. The molecular formula is C21H28N4O2. The van der Waals surface area contributed by atoms with Crippen molar-refractivity contribution in [2.45, 2.75) is 51.4 Å². The van der Waals surface area contributed by atoms with Crippen LogP contribution in [-0.4, -0.2) is 47.2 Å². The average molecular weight is 368 g/mol. The van der Waals surface area contributed by atoms with Crippen molar-refractivity contribution >= 4 is 11.6 Å². The third-order valence-electron chi connectivity index (χ3n) is 5.66. The van der Waals surface area contributed by atoms with Gasteiger partial charge in [0, 0.05) is 24.1 Å². The Balaban J connectivity index is 1.33. The van der Waals surface area contributed by atoms with E-state index in [2.05, 4.69) is 47.1 Å². The summed E-state index contributed by atoms with van der Waals surface area (Å²) in [6.07, 6.45) is 4.03. The highest BCUT2D eigenvalue weighted by molar-refractivity contribution is 5.95. The molecule has 0 unspecified atom stereocenters. The number of amides is 1. The number of hydrogen-bond acceptors (Lipinski definition) is 5. The Morgan fingerprint density at radius 1 is 1.19 bits per heavy atom. The number of aromatic nitrogens is 2. The lowest BCUT2D eigenvalue weighted by atomic mass is 9.96. The second-order valence-electron chi connectivity index (χ2n) is 7.96. The molecule has 0 spiro atoms. The second kappa shape index (κ2) is 7.80. The number of carbonyl (C=O) groups excluding carboxylic acids is 1. The average Bonchev–Trinajstić information content (AvgIpc) is 3.18. The number of fused-ring (bicyclic) bond motifs is 1. The molecule has 1 aromatic heterocycles. The summed E-state index contributed by atoms with van der Waals surface area (Å²) >= 11 is 0. The molecule has 6 nitrogen and oxygen atoms in total. The van der Waals surface area contributed by atoms with Gasteiger partial charge in [-0.1, -0.05) is 32.0 Å². The first-order valence-electron chi connectivity index (χ1n) is 10.1. The van der Waals surface area contributed by atoms with Crippen molar-refractivity contribution in [3.8, 4) is 0 Å². The number of piperidine rings is 1. The molecule has 2 aliphatic rings. The molecule has 0 bridgehead atoms. The zero-order chi connectivity index (χ0) is 18.8. The summed E-state index contributed by atoms with van der Waals surface area (Å²) in [5.74, 6) is 2.25. The normalized spacial score (nSPS) is 18.7. The zero-order valence-corrected chi connectivity index (χ0v) is 16.2. The van der Waals surface area contributed by atoms with Gasteiger partial charge in [0.25, 0.3) is 0 Å². The largest absolute Gasteiger partial charge is 0.425 e. The highest BCUT2D eigenvalue weighted by atomic mass is 16.4. The molecule has 2 aliphatic heterocycles. The van der Waals surface area contributed by atoms with Crippen LogP contribution in [0.1, 0.15) is 62.3 Å². The summed E-state index contributed by atoms with van der Waals surface area (Å²) < 4.78 is 5.82. The number of benzene rings is 1. The van der Waals surface area contributed by atoms with Crippen molar-refractivity contribution in [2.24, 2.45) is 0 Å². The topological polar surface area (TPSA) is 62.5 Å². The predicted octanol–water partition coefficient (Wildman–Crippen LogP) is 3.35. The maximum absolute atomic E-state index is 12.9. The Kier molecular flexibility index (Phi) is 5.25. The molecule has 0 saturated carbocycles. The van der Waals surface area contributed by atoms with E-state index < -0.39 is 0 Å². The van der Waals surface area contributed by atoms with Gasteiger partial charge in [0.1, 0.15) is 0 Å². The lowest BCUT2D eigenvalue weighted by Gasteiger charge is -2.34. The van der Waals surface area contributed by atoms with Gasteiger partial charge in [0.2, 0.25) is 17.7 Å². The van der Waals surface area contributed by atoms with Crippen molar-refractivity contribution in [3.63, 3.8) is 0 Å². The van der Waals surface area contributed by atoms with Crippen LogP contribution < -0.4 is 4.90 Å². The molecule has 1 amide bonds. The van der Waals surface area contributed by atoms with E-state index >= 15 is 0 Å². The summed E-state index contributed by atoms with van der Waals surface area (Å²) in [7, 11) is 0. The van der Waals surface area contributed by atoms with Crippen LogP contribution in [0, 0.1) is 0 Å². The molecule has 2 aromatic rings. The maximum Gasteiger partial charge on any atom is 0.241 e. The van der Waals surface area contributed by atoms with Crippen molar-refractivity contribution in [1.82, 2.24) is 15.1 Å². The Labute approximate surface area is 160 Å². The van der Waals surface area contributed by atoms with Gasteiger partial charge in [-0.15, -0.1) is 10.2 Å². The van der Waals surface area contributed by atoms with Gasteiger partial charge < -0.3 is 9.32 Å². The molecule has 1 aromatic carbocycles. The van der Waals surface area contributed by atoms with Gasteiger partial charge in [0.15, 0.2) is 0 Å². The third-order valence-corrected chi connectivity index (χ3v) is 5.66. The SMILES string of the molecule is CC(C)c1nnc(C2CCN(CC(=O)N3CCCc4ccccc43)CC2)o1. The zero-order valence-electron chi connectivity index (χ0n) is 16.2. The van der Waals surface area contributed by atoms with Crippen molar-refractivity contribution in [2.75, 3.05) is 31.1 Å². The lowest BCUT2D eigenvalue weighted by molar-refractivity contribution is -0.120. The van der Waals surface area contributed by atoms with E-state index in [9.17, 15) is 4.79 Å². The number of carbonyl (C=O) groups is 1. The number of rotatable bonds is 4. The molecule has 27 heavy (non-hydrogen) atoms. The minimum Gasteiger partial charge on any atom is -0.425 e. The molecule has 0 atom stereocenters. The Bertz CT molecular complexity index is 793. The molecule has 0 aliphatic carbocycles. The Morgan fingerprint density at radius 2 is 1.96 bits per heavy atom. The van der Waals surface area contributed by atoms with E-state index in [4.69, 9.17) is 4.42 Å². The van der Waals surface area contributed by atoms with E-state index in [1.165, 1.54) is 5.56 Å². The number of nitrogens with zero attached hydrogens (tertiary/aromatic N) is 4. The van der Waals surface area contributed by atoms with Crippen LogP contribution in [0.4, 0.5) is 5.69 Å². The van der Waals surface area contributed by atoms with Gasteiger partial charge >= 0.3 is 0 Å². The van der Waals surface area contributed by atoms with Crippen LogP contribution in [-0.2, 0) is 11.2 Å². The quantitative estimate of drug-likeness (QED) is 0.828. The molecule has 0 radical (unpaired) electrons. The minimum absolute atomic E-state index is 0.209. The van der Waals surface area contributed by atoms with Crippen LogP contribution in [0.5, 0.6) is 0 Å². The van der Waals surface area contributed by atoms with Gasteiger partial charge in [-0.25, -0.2) is 0 Å². The minimum atomic E-state index is 0.209. The highest BCUT2D eigenvalue weighted by Crippen LogP contribution is 2.30. The van der Waals surface area contributed by atoms with Crippen molar-refractivity contribution in [3.05, 3.63) is 41.6 Å². The van der Waals surface area contributed by atoms with E-state index in [-0.39, 0.29) is 11.8 Å². The summed E-state index contributed by atoms with van der Waals surface area (Å²) in [5.41, 5.74) is 2.38. The Morgan fingerprint density at radius 3 is 2.70 bits per heavy atom. The Hall–Kier alpha value is -2.21. The van der Waals surface area contributed by atoms with Gasteiger partial charge in [0.05, 0.1) is 6.54 Å². The summed E-state index contributed by atoms with van der Waals surface area (Å²) in [6.45, 7) is 7.22. The molecular weight excluding hydrogens is 340 g/mol. The van der Waals surface area contributed by atoms with Crippen LogP contribution in [0.25, 0.3) is 0 Å². The fourth-order valence-corrected chi connectivity index (χ4v) is 4.05. The summed E-state index contributed by atoms with van der Waals surface area (Å²) in [4.78, 5) is 17.1. The van der Waals surface area contributed by atoms with Crippen LogP contribution in [0.15, 0.2) is 28.7 Å². The molecule has 6 heteroatoms. The number of hydrogen-bond donors (Lipinski definition) is 0. The van der Waals surface area contributed by atoms with E-state index in [1.807, 2.05) is 11.0 Å². The van der Waals surface area contributed by atoms with Crippen LogP contribution in [0.2, 0.25) is 0 Å². The van der Waals surface area contributed by atoms with E-state index in [0.29, 0.717) is 18.4 Å². The fraction of sp³-hybridized carbons (Fsp3) is 0.571. The van der Waals surface area contributed by atoms with Gasteiger partial charge in [-0.2, -0.15) is 0 Å². The van der Waals surface area contributed by atoms with Crippen LogP contribution >= 0.6 is 0 Å². The van der Waals surface area contributed by atoms with Gasteiger partial charge in [-0.05, 0) is 50.4 Å². The number of anilines is 1. The van der Waals surface area contributed by atoms with E-state index in [1.54, 1.807) is 0 Å². The smallest absolute Gasteiger partial charge is 0.241 e. The summed E-state index contributed by atoms with van der Waals surface area (Å²) in [5, 5.41) is 8.38. The molecule has 144 valence electrons. The molecule has 4 rings (SSSR count). The monoisotopic (exact) mass is 368 g/mol. The van der Waals surface area contributed by atoms with E-state index in [0.717, 1.165) is 56.9 Å². The molecule has 1 saturated heterocycles. The maximum atomic E-state index is 12.9. The summed E-state index contributed by atoms with van der Waals surface area (Å²) in [6, 6.07) is 8.28. The van der Waals surface area contributed by atoms with Gasteiger partial charge in [-0.3, -0.25) is 9.69 Å². The van der Waals surface area contributed by atoms with Crippen molar-refractivity contribution in [1.29, 1.82) is 0 Å². The second-order valence-corrected chi connectivity index (χ2v) is 7.96.